The van der Waals surface area contributed by atoms with Crippen LogP contribution in [0.15, 0.2) is 18.3 Å². The lowest BCUT2D eigenvalue weighted by atomic mass is 9.97. The van der Waals surface area contributed by atoms with Gasteiger partial charge in [0.2, 0.25) is 17.6 Å². The predicted octanol–water partition coefficient (Wildman–Crippen LogP) is 2.34. The number of halogens is 5. The van der Waals surface area contributed by atoms with E-state index in [9.17, 15) is 31.5 Å². The number of carbonyl (C=O) groups excluding carboxylic acids is 2. The van der Waals surface area contributed by atoms with E-state index in [0.717, 1.165) is 0 Å². The van der Waals surface area contributed by atoms with Gasteiger partial charge >= 0.3 is 0 Å². The molecule has 2 rings (SSSR count). The van der Waals surface area contributed by atoms with E-state index in [1.165, 1.54) is 19.3 Å². The third-order valence-electron chi connectivity index (χ3n) is 5.46. The van der Waals surface area contributed by atoms with Crippen molar-refractivity contribution >= 4 is 17.6 Å². The van der Waals surface area contributed by atoms with Gasteiger partial charge in [-0.15, -0.1) is 0 Å². The Balaban J connectivity index is 2.34. The highest BCUT2D eigenvalue weighted by Crippen LogP contribution is 2.24. The normalized spacial score (nSPS) is 13.8. The maximum Gasteiger partial charge on any atom is 0.243 e. The molecule has 1 aromatic heterocycles. The lowest BCUT2D eigenvalue weighted by Gasteiger charge is -2.25. The van der Waals surface area contributed by atoms with Crippen LogP contribution in [0.5, 0.6) is 0 Å². The summed E-state index contributed by atoms with van der Waals surface area (Å²) in [7, 11) is 1.52. The topological polar surface area (TPSA) is 109 Å². The minimum Gasteiger partial charge on any atom is -0.384 e. The van der Waals surface area contributed by atoms with Crippen LogP contribution in [-0.2, 0) is 22.6 Å². The Morgan fingerprint density at radius 2 is 1.59 bits per heavy atom. The molecule has 0 radical (unpaired) electrons. The Kier molecular flexibility index (Phi) is 9.30. The van der Waals surface area contributed by atoms with E-state index >= 15 is 0 Å². The molecule has 2 amide bonds. The van der Waals surface area contributed by atoms with Crippen molar-refractivity contribution in [2.75, 3.05) is 12.8 Å². The molecule has 0 aliphatic heterocycles. The van der Waals surface area contributed by atoms with E-state index in [-0.39, 0.29) is 18.3 Å². The second kappa shape index (κ2) is 11.7. The first-order valence-electron chi connectivity index (χ1n) is 10.5. The summed E-state index contributed by atoms with van der Waals surface area (Å²) >= 11 is 0. The molecule has 0 bridgehead atoms. The zero-order valence-corrected chi connectivity index (χ0v) is 18.8. The van der Waals surface area contributed by atoms with Crippen LogP contribution in [-0.4, -0.2) is 35.9 Å². The summed E-state index contributed by atoms with van der Waals surface area (Å²) in [4.78, 5) is 29.5. The molecule has 0 spiro atoms. The largest absolute Gasteiger partial charge is 0.384 e. The summed E-state index contributed by atoms with van der Waals surface area (Å²) in [6.07, 6.45) is 1.01. The van der Waals surface area contributed by atoms with Crippen LogP contribution in [0.25, 0.3) is 0 Å². The molecule has 34 heavy (non-hydrogen) atoms. The Morgan fingerprint density at radius 1 is 1.00 bits per heavy atom. The first kappa shape index (κ1) is 27.0. The molecule has 0 fully saturated rings. The average Bonchev–Trinajstić information content (AvgIpc) is 2.83. The SMILES string of the molecule is CCC(C)[C@@H](NC)C(=O)N[C@@H](Cc1c(F)c(F)c(F)c(F)c1F)C(=O)NCc1ccc(N)nc1. The minimum absolute atomic E-state index is 0.0869. The van der Waals surface area contributed by atoms with E-state index < -0.39 is 65.0 Å². The van der Waals surface area contributed by atoms with Crippen LogP contribution in [0.4, 0.5) is 27.8 Å². The molecule has 12 heteroatoms. The molecule has 5 N–H and O–H groups in total. The zero-order valence-electron chi connectivity index (χ0n) is 18.8. The van der Waals surface area contributed by atoms with Crippen LogP contribution >= 0.6 is 0 Å². The van der Waals surface area contributed by atoms with Gasteiger partial charge in [-0.2, -0.15) is 0 Å². The van der Waals surface area contributed by atoms with Crippen LogP contribution in [0.3, 0.4) is 0 Å². The Morgan fingerprint density at radius 3 is 2.09 bits per heavy atom. The number of anilines is 1. The van der Waals surface area contributed by atoms with Crippen LogP contribution in [0.2, 0.25) is 0 Å². The van der Waals surface area contributed by atoms with Crippen molar-refractivity contribution in [3.63, 3.8) is 0 Å². The van der Waals surface area contributed by atoms with Gasteiger partial charge in [0.1, 0.15) is 11.9 Å². The van der Waals surface area contributed by atoms with E-state index in [1.807, 2.05) is 6.92 Å². The second-order valence-electron chi connectivity index (χ2n) is 7.77. The number of aromatic nitrogens is 1. The molecular weight excluding hydrogens is 461 g/mol. The summed E-state index contributed by atoms with van der Waals surface area (Å²) in [5.41, 5.74) is 4.81. The third-order valence-corrected chi connectivity index (χ3v) is 5.46. The van der Waals surface area contributed by atoms with Gasteiger partial charge in [0.05, 0.1) is 6.04 Å². The number of nitrogens with two attached hydrogens (primary N) is 1. The zero-order chi connectivity index (χ0) is 25.6. The molecule has 186 valence electrons. The number of amides is 2. The quantitative estimate of drug-likeness (QED) is 0.234. The maximum absolute atomic E-state index is 14.3. The summed E-state index contributed by atoms with van der Waals surface area (Å²) in [5.74, 6) is -12.2. The first-order chi connectivity index (χ1) is 16.0. The monoisotopic (exact) mass is 487 g/mol. The summed E-state index contributed by atoms with van der Waals surface area (Å²) in [5, 5.41) is 7.62. The number of nitrogens with zero attached hydrogens (tertiary/aromatic N) is 1. The van der Waals surface area contributed by atoms with Gasteiger partial charge in [-0.1, -0.05) is 26.3 Å². The van der Waals surface area contributed by atoms with Crippen LogP contribution in [0, 0.1) is 35.0 Å². The minimum atomic E-state index is -2.31. The summed E-state index contributed by atoms with van der Waals surface area (Å²) in [6, 6.07) is 0.653. The molecule has 0 saturated carbocycles. The third kappa shape index (κ3) is 6.19. The van der Waals surface area contributed by atoms with Crippen molar-refractivity contribution in [1.29, 1.82) is 0 Å². The van der Waals surface area contributed by atoms with Gasteiger partial charge in [-0.3, -0.25) is 9.59 Å². The van der Waals surface area contributed by atoms with E-state index in [4.69, 9.17) is 5.73 Å². The maximum atomic E-state index is 14.3. The van der Waals surface area contributed by atoms with Gasteiger partial charge in [-0.05, 0) is 24.6 Å². The lowest BCUT2D eigenvalue weighted by molar-refractivity contribution is -0.130. The molecule has 0 aliphatic carbocycles. The number of pyridine rings is 1. The molecule has 1 heterocycles. The molecule has 7 nitrogen and oxygen atoms in total. The molecule has 3 atom stereocenters. The predicted molar refractivity (Wildman–Crippen MR) is 115 cm³/mol. The van der Waals surface area contributed by atoms with E-state index in [1.54, 1.807) is 13.0 Å². The number of nitrogens with one attached hydrogen (secondary N) is 3. The van der Waals surface area contributed by atoms with Crippen molar-refractivity contribution < 1.29 is 31.5 Å². The Hall–Kier alpha value is -3.28. The van der Waals surface area contributed by atoms with Crippen molar-refractivity contribution in [3.05, 3.63) is 58.5 Å². The van der Waals surface area contributed by atoms with Crippen molar-refractivity contribution in [2.24, 2.45) is 5.92 Å². The second-order valence-corrected chi connectivity index (χ2v) is 7.77. The fourth-order valence-electron chi connectivity index (χ4n) is 3.27. The Labute approximate surface area is 193 Å². The van der Waals surface area contributed by atoms with Crippen molar-refractivity contribution in [2.45, 2.75) is 45.3 Å². The molecule has 0 aliphatic rings. The molecule has 2 aromatic rings. The van der Waals surface area contributed by atoms with Crippen molar-refractivity contribution in [3.8, 4) is 0 Å². The summed E-state index contributed by atoms with van der Waals surface area (Å²) < 4.78 is 69.3. The van der Waals surface area contributed by atoms with Gasteiger partial charge in [0, 0.05) is 24.7 Å². The van der Waals surface area contributed by atoms with E-state index in [0.29, 0.717) is 12.0 Å². The standard InChI is InChI=1S/C22H26F5N5O2/c1-4-10(2)20(29-3)22(34)32-13(21(33)31-9-11-5-6-14(28)30-8-11)7-12-15(23)17(25)19(27)18(26)16(12)24/h5-6,8,10,13,20,29H,4,7,9H2,1-3H3,(H2,28,30)(H,31,33)(H,32,34)/t10?,13-,20+/m0/s1. The van der Waals surface area contributed by atoms with Gasteiger partial charge < -0.3 is 21.7 Å². The molecule has 1 aromatic carbocycles. The average molecular weight is 487 g/mol. The molecular formula is C22H26F5N5O2. The fourth-order valence-corrected chi connectivity index (χ4v) is 3.27. The number of likely N-dealkylation sites (N-methyl/N-ethyl adjacent to an activating group) is 1. The number of carbonyl (C=O) groups is 2. The highest BCUT2D eigenvalue weighted by atomic mass is 19.2. The van der Waals surface area contributed by atoms with Crippen LogP contribution in [0.1, 0.15) is 31.4 Å². The summed E-state index contributed by atoms with van der Waals surface area (Å²) in [6.45, 7) is 3.52. The fraction of sp³-hybridized carbons (Fsp3) is 0.409. The van der Waals surface area contributed by atoms with Crippen LogP contribution < -0.4 is 21.7 Å². The van der Waals surface area contributed by atoms with Gasteiger partial charge in [0.15, 0.2) is 23.3 Å². The number of rotatable bonds is 10. The Bertz CT molecular complexity index is 1010. The van der Waals surface area contributed by atoms with Crippen molar-refractivity contribution in [1.82, 2.24) is 20.9 Å². The van der Waals surface area contributed by atoms with Gasteiger partial charge in [-0.25, -0.2) is 26.9 Å². The van der Waals surface area contributed by atoms with E-state index in [2.05, 4.69) is 20.9 Å². The number of hydrogen-bond acceptors (Lipinski definition) is 5. The lowest BCUT2D eigenvalue weighted by Crippen LogP contribution is -2.54. The molecule has 1 unspecified atom stereocenters. The highest BCUT2D eigenvalue weighted by Gasteiger charge is 2.32. The number of nitrogen functional groups attached to an aromatic ring is 1. The highest BCUT2D eigenvalue weighted by molar-refractivity contribution is 5.90. The first-order valence-corrected chi connectivity index (χ1v) is 10.5. The molecule has 0 saturated heterocycles. The number of benzene rings is 1. The smallest absolute Gasteiger partial charge is 0.243 e. The van der Waals surface area contributed by atoms with Gasteiger partial charge in [0.25, 0.3) is 0 Å². The number of hydrogen-bond donors (Lipinski definition) is 4.